The number of hydrogen-bond acceptors (Lipinski definition) is 2. The highest BCUT2D eigenvalue weighted by molar-refractivity contribution is 7.19. The summed E-state index contributed by atoms with van der Waals surface area (Å²) in [5, 5.41) is 5.14. The molecule has 0 unspecified atom stereocenters. The Balaban J connectivity index is 1.71. The summed E-state index contributed by atoms with van der Waals surface area (Å²) in [5.74, 6) is 0. The Labute approximate surface area is 164 Å². The molecule has 0 radical (unpaired) electrons. The van der Waals surface area contributed by atoms with Crippen molar-refractivity contribution in [1.29, 1.82) is 0 Å². The van der Waals surface area contributed by atoms with Crippen LogP contribution >= 0.6 is 22.7 Å². The fourth-order valence-electron chi connectivity index (χ4n) is 3.68. The van der Waals surface area contributed by atoms with Gasteiger partial charge in [0.15, 0.2) is 0 Å². The second-order valence-corrected chi connectivity index (χ2v) is 10.9. The highest BCUT2D eigenvalue weighted by atomic mass is 32.1. The Morgan fingerprint density at radius 2 is 1.62 bits per heavy atom. The van der Waals surface area contributed by atoms with E-state index < -0.39 is 0 Å². The van der Waals surface area contributed by atoms with Gasteiger partial charge >= 0.3 is 0 Å². The summed E-state index contributed by atoms with van der Waals surface area (Å²) in [6.45, 7) is 11.7. The second-order valence-electron chi connectivity index (χ2n) is 8.94. The lowest BCUT2D eigenvalue weighted by Gasteiger charge is -2.24. The van der Waals surface area contributed by atoms with Gasteiger partial charge in [0, 0.05) is 19.7 Å². The molecule has 0 fully saturated rings. The topological polar surface area (TPSA) is 0 Å². The first-order valence-electron chi connectivity index (χ1n) is 9.24. The van der Waals surface area contributed by atoms with E-state index in [1.807, 2.05) is 22.7 Å². The minimum absolute atomic E-state index is 0.134. The molecule has 2 aromatic heterocycles. The van der Waals surface area contributed by atoms with Crippen LogP contribution in [0.25, 0.3) is 20.2 Å². The average Bonchev–Trinajstić information content (AvgIpc) is 3.18. The molecule has 0 nitrogen and oxygen atoms in total. The Hall–Kier alpha value is -1.64. The van der Waals surface area contributed by atoms with Gasteiger partial charge in [0.1, 0.15) is 0 Å². The van der Waals surface area contributed by atoms with Gasteiger partial charge in [-0.3, -0.25) is 0 Å². The number of hydrogen-bond donors (Lipinski definition) is 0. The Kier molecular flexibility index (Phi) is 4.24. The van der Waals surface area contributed by atoms with Crippen LogP contribution in [0.1, 0.15) is 50.6 Å². The minimum atomic E-state index is 0.134. The lowest BCUT2D eigenvalue weighted by atomic mass is 9.82. The normalized spacial score (nSPS) is 13.0. The molecule has 0 saturated carbocycles. The third-order valence-corrected chi connectivity index (χ3v) is 7.63. The smallest absolute Gasteiger partial charge is 0.0345 e. The maximum Gasteiger partial charge on any atom is 0.0345 e. The lowest BCUT2D eigenvalue weighted by Crippen LogP contribution is -2.19. The first-order chi connectivity index (χ1) is 12.2. The van der Waals surface area contributed by atoms with Gasteiger partial charge in [-0.2, -0.15) is 0 Å². The van der Waals surface area contributed by atoms with Crippen molar-refractivity contribution in [3.8, 4) is 0 Å². The van der Waals surface area contributed by atoms with Crippen molar-refractivity contribution in [3.63, 3.8) is 0 Å². The zero-order valence-electron chi connectivity index (χ0n) is 16.2. The van der Waals surface area contributed by atoms with Crippen molar-refractivity contribution in [2.45, 2.75) is 51.9 Å². The fourth-order valence-corrected chi connectivity index (χ4v) is 6.01. The van der Waals surface area contributed by atoms with Crippen molar-refractivity contribution in [3.05, 3.63) is 69.9 Å². The Morgan fingerprint density at radius 1 is 0.846 bits per heavy atom. The number of thiophene rings is 2. The molecular weight excluding hydrogens is 352 g/mol. The molecule has 4 aromatic rings. The van der Waals surface area contributed by atoms with E-state index in [1.54, 1.807) is 0 Å². The Morgan fingerprint density at radius 3 is 2.35 bits per heavy atom. The van der Waals surface area contributed by atoms with Gasteiger partial charge in [-0.1, -0.05) is 58.9 Å². The largest absolute Gasteiger partial charge is 0.144 e. The summed E-state index contributed by atoms with van der Waals surface area (Å²) in [7, 11) is 0. The van der Waals surface area contributed by atoms with Gasteiger partial charge in [-0.25, -0.2) is 0 Å². The molecule has 0 atom stereocenters. The van der Waals surface area contributed by atoms with Crippen molar-refractivity contribution in [1.82, 2.24) is 0 Å². The summed E-state index contributed by atoms with van der Waals surface area (Å²) in [6.07, 6.45) is 1.06. The van der Waals surface area contributed by atoms with Crippen LogP contribution in [0.2, 0.25) is 0 Å². The number of fused-ring (bicyclic) bond motifs is 2. The van der Waals surface area contributed by atoms with E-state index in [9.17, 15) is 0 Å². The third-order valence-electron chi connectivity index (χ3n) is 5.18. The molecule has 0 amide bonds. The molecule has 2 heteroatoms. The van der Waals surface area contributed by atoms with Crippen molar-refractivity contribution in [2.75, 3.05) is 0 Å². The van der Waals surface area contributed by atoms with Crippen LogP contribution in [-0.2, 0) is 17.3 Å². The highest BCUT2D eigenvalue weighted by Crippen LogP contribution is 2.39. The van der Waals surface area contributed by atoms with Crippen LogP contribution in [0, 0.1) is 0 Å². The van der Waals surface area contributed by atoms with Crippen LogP contribution in [0.3, 0.4) is 0 Å². The van der Waals surface area contributed by atoms with E-state index in [2.05, 4.69) is 88.5 Å². The fraction of sp³-hybridized carbons (Fsp3) is 0.333. The quantitative estimate of drug-likeness (QED) is 0.339. The SMILES string of the molecule is CC(C)(C)c1csc2ccc(CC(C)(C)c3cc4ccccc4s3)cc12. The molecule has 0 spiro atoms. The van der Waals surface area contributed by atoms with Crippen molar-refractivity contribution >= 4 is 42.8 Å². The molecule has 0 saturated heterocycles. The van der Waals surface area contributed by atoms with Gasteiger partial charge in [-0.15, -0.1) is 22.7 Å². The molecule has 0 bridgehead atoms. The van der Waals surface area contributed by atoms with E-state index in [-0.39, 0.29) is 10.8 Å². The Bertz CT molecular complexity index is 1040. The molecule has 134 valence electrons. The first kappa shape index (κ1) is 17.8. The van der Waals surface area contributed by atoms with Crippen LogP contribution in [0.15, 0.2) is 53.9 Å². The number of rotatable bonds is 3. The van der Waals surface area contributed by atoms with Gasteiger partial charge in [0.2, 0.25) is 0 Å². The van der Waals surface area contributed by atoms with Crippen LogP contribution in [0.4, 0.5) is 0 Å². The molecule has 0 aliphatic carbocycles. The summed E-state index contributed by atoms with van der Waals surface area (Å²) >= 11 is 3.81. The van der Waals surface area contributed by atoms with E-state index in [4.69, 9.17) is 0 Å². The van der Waals surface area contributed by atoms with Crippen LogP contribution in [-0.4, -0.2) is 0 Å². The van der Waals surface area contributed by atoms with Crippen molar-refractivity contribution in [2.24, 2.45) is 0 Å². The highest BCUT2D eigenvalue weighted by Gasteiger charge is 2.25. The molecule has 0 N–H and O–H groups in total. The van der Waals surface area contributed by atoms with Crippen LogP contribution in [0.5, 0.6) is 0 Å². The minimum Gasteiger partial charge on any atom is -0.144 e. The van der Waals surface area contributed by atoms with E-state index in [0.717, 1.165) is 6.42 Å². The standard InChI is InChI=1S/C24H26S2/c1-23(2,3)19-15-25-21-11-10-16(12-18(19)21)14-24(4,5)22-13-17-8-6-7-9-20(17)26-22/h6-13,15H,14H2,1-5H3. The van der Waals surface area contributed by atoms with Crippen LogP contribution < -0.4 is 0 Å². The molecule has 0 aliphatic heterocycles. The molecule has 2 aromatic carbocycles. The van der Waals surface area contributed by atoms with Crippen molar-refractivity contribution < 1.29 is 0 Å². The first-order valence-corrected chi connectivity index (χ1v) is 10.9. The van der Waals surface area contributed by atoms with Gasteiger partial charge < -0.3 is 0 Å². The van der Waals surface area contributed by atoms with Gasteiger partial charge in [0.25, 0.3) is 0 Å². The predicted molar refractivity (Wildman–Crippen MR) is 119 cm³/mol. The van der Waals surface area contributed by atoms with E-state index in [0.29, 0.717) is 0 Å². The van der Waals surface area contributed by atoms with E-state index >= 15 is 0 Å². The van der Waals surface area contributed by atoms with Gasteiger partial charge in [0.05, 0.1) is 0 Å². The van der Waals surface area contributed by atoms with E-state index in [1.165, 1.54) is 36.2 Å². The summed E-state index contributed by atoms with van der Waals surface area (Å²) < 4.78 is 2.79. The lowest BCUT2D eigenvalue weighted by molar-refractivity contribution is 0.534. The molecule has 0 aliphatic rings. The zero-order chi connectivity index (χ0) is 18.5. The average molecular weight is 379 g/mol. The maximum absolute atomic E-state index is 2.43. The third kappa shape index (κ3) is 3.21. The monoisotopic (exact) mass is 378 g/mol. The predicted octanol–water partition coefficient (Wildman–Crippen LogP) is 7.93. The maximum atomic E-state index is 2.43. The second kappa shape index (κ2) is 6.21. The van der Waals surface area contributed by atoms with Gasteiger partial charge in [-0.05, 0) is 63.4 Å². The molecular formula is C24H26S2. The molecule has 2 heterocycles. The molecule has 26 heavy (non-hydrogen) atoms. The molecule has 4 rings (SSSR count). The zero-order valence-corrected chi connectivity index (χ0v) is 17.9. The number of benzene rings is 2. The summed E-state index contributed by atoms with van der Waals surface area (Å²) in [4.78, 5) is 1.47. The summed E-state index contributed by atoms with van der Waals surface area (Å²) in [6, 6.07) is 18.2. The summed E-state index contributed by atoms with van der Waals surface area (Å²) in [5.41, 5.74) is 3.23.